The lowest BCUT2D eigenvalue weighted by Crippen LogP contribution is -2.11. The number of Topliss-reactive ketones (excluding diaryl/α,β-unsaturated/α-hetero) is 1. The summed E-state index contributed by atoms with van der Waals surface area (Å²) < 4.78 is 5.00. The summed E-state index contributed by atoms with van der Waals surface area (Å²) in [5.74, 6) is 0.268. The van der Waals surface area contributed by atoms with Crippen molar-refractivity contribution in [3.8, 4) is 0 Å². The molecule has 0 aliphatic heterocycles. The zero-order valence-corrected chi connectivity index (χ0v) is 9.38. The van der Waals surface area contributed by atoms with E-state index in [2.05, 4.69) is 0 Å². The Bertz CT molecular complexity index is 387. The summed E-state index contributed by atoms with van der Waals surface area (Å²) in [5, 5.41) is 0.709. The van der Waals surface area contributed by atoms with Crippen molar-refractivity contribution in [1.82, 2.24) is 0 Å². The Kier molecular flexibility index (Phi) is 3.08. The van der Waals surface area contributed by atoms with E-state index in [0.29, 0.717) is 11.6 Å². The van der Waals surface area contributed by atoms with E-state index in [1.165, 1.54) is 0 Å². The minimum Gasteiger partial charge on any atom is -0.385 e. The topological polar surface area (TPSA) is 26.3 Å². The van der Waals surface area contributed by atoms with Gasteiger partial charge in [0.15, 0.2) is 5.78 Å². The zero-order valence-electron chi connectivity index (χ0n) is 8.63. The standard InChI is InChI=1S/C12H13ClO2/c1-15-6-5-8-7-10-9(12(8)14)3-2-4-11(10)13/h2-4,8H,5-7H2,1H3. The monoisotopic (exact) mass is 224 g/mol. The van der Waals surface area contributed by atoms with Crippen LogP contribution >= 0.6 is 11.6 Å². The van der Waals surface area contributed by atoms with Crippen molar-refractivity contribution in [3.63, 3.8) is 0 Å². The highest BCUT2D eigenvalue weighted by Gasteiger charge is 2.31. The van der Waals surface area contributed by atoms with Gasteiger partial charge in [-0.3, -0.25) is 4.79 Å². The van der Waals surface area contributed by atoms with Crippen LogP contribution in [-0.4, -0.2) is 19.5 Å². The molecule has 1 unspecified atom stereocenters. The zero-order chi connectivity index (χ0) is 10.8. The highest BCUT2D eigenvalue weighted by molar-refractivity contribution is 6.32. The van der Waals surface area contributed by atoms with E-state index in [-0.39, 0.29) is 11.7 Å². The number of fused-ring (bicyclic) bond motifs is 1. The molecule has 2 rings (SSSR count). The number of carbonyl (C=O) groups is 1. The Morgan fingerprint density at radius 3 is 3.00 bits per heavy atom. The van der Waals surface area contributed by atoms with E-state index in [0.717, 1.165) is 24.0 Å². The molecule has 0 N–H and O–H groups in total. The van der Waals surface area contributed by atoms with Crippen LogP contribution in [-0.2, 0) is 11.2 Å². The summed E-state index contributed by atoms with van der Waals surface area (Å²) in [6, 6.07) is 5.53. The number of ether oxygens (including phenoxy) is 1. The first kappa shape index (κ1) is 10.7. The van der Waals surface area contributed by atoms with Crippen molar-refractivity contribution in [1.29, 1.82) is 0 Å². The van der Waals surface area contributed by atoms with Gasteiger partial charge in [-0.2, -0.15) is 0 Å². The third-order valence-corrected chi connectivity index (χ3v) is 3.23. The van der Waals surface area contributed by atoms with Gasteiger partial charge in [0.05, 0.1) is 0 Å². The fourth-order valence-electron chi connectivity index (χ4n) is 2.05. The minimum absolute atomic E-state index is 0.0554. The number of halogens is 1. The average Bonchev–Trinajstić information content (AvgIpc) is 2.55. The molecule has 0 saturated carbocycles. The molecule has 1 aliphatic rings. The molecular formula is C12H13ClO2. The third-order valence-electron chi connectivity index (χ3n) is 2.88. The van der Waals surface area contributed by atoms with Crippen molar-refractivity contribution >= 4 is 17.4 Å². The fourth-order valence-corrected chi connectivity index (χ4v) is 2.30. The average molecular weight is 225 g/mol. The second-order valence-corrected chi connectivity index (χ2v) is 4.22. The molecule has 15 heavy (non-hydrogen) atoms. The number of hydrogen-bond acceptors (Lipinski definition) is 2. The molecule has 1 aliphatic carbocycles. The smallest absolute Gasteiger partial charge is 0.166 e. The van der Waals surface area contributed by atoms with Gasteiger partial charge in [0.2, 0.25) is 0 Å². The number of hydrogen-bond donors (Lipinski definition) is 0. The van der Waals surface area contributed by atoms with E-state index in [4.69, 9.17) is 16.3 Å². The van der Waals surface area contributed by atoms with Crippen molar-refractivity contribution in [2.24, 2.45) is 5.92 Å². The van der Waals surface area contributed by atoms with Gasteiger partial charge in [-0.05, 0) is 24.5 Å². The molecule has 0 spiro atoms. The number of ketones is 1. The molecule has 0 heterocycles. The van der Waals surface area contributed by atoms with Crippen molar-refractivity contribution in [2.75, 3.05) is 13.7 Å². The van der Waals surface area contributed by atoms with E-state index in [1.807, 2.05) is 18.2 Å². The van der Waals surface area contributed by atoms with E-state index in [9.17, 15) is 4.79 Å². The highest BCUT2D eigenvalue weighted by atomic mass is 35.5. The van der Waals surface area contributed by atoms with Crippen LogP contribution in [0.3, 0.4) is 0 Å². The molecule has 0 amide bonds. The van der Waals surface area contributed by atoms with Gasteiger partial charge in [-0.1, -0.05) is 23.7 Å². The van der Waals surface area contributed by atoms with Crippen molar-refractivity contribution < 1.29 is 9.53 Å². The quantitative estimate of drug-likeness (QED) is 0.789. The van der Waals surface area contributed by atoms with Gasteiger partial charge in [0.25, 0.3) is 0 Å². The molecular weight excluding hydrogens is 212 g/mol. The van der Waals surface area contributed by atoms with Crippen LogP contribution in [0, 0.1) is 5.92 Å². The molecule has 0 fully saturated rings. The van der Waals surface area contributed by atoms with Gasteiger partial charge in [-0.15, -0.1) is 0 Å². The van der Waals surface area contributed by atoms with E-state index < -0.39 is 0 Å². The first-order chi connectivity index (χ1) is 7.24. The molecule has 0 bridgehead atoms. The maximum absolute atomic E-state index is 11.9. The lowest BCUT2D eigenvalue weighted by atomic mass is 10.0. The van der Waals surface area contributed by atoms with Crippen LogP contribution in [0.1, 0.15) is 22.3 Å². The minimum atomic E-state index is 0.0554. The van der Waals surface area contributed by atoms with Crippen LogP contribution in [0.2, 0.25) is 5.02 Å². The molecule has 80 valence electrons. The van der Waals surface area contributed by atoms with Gasteiger partial charge >= 0.3 is 0 Å². The summed E-state index contributed by atoms with van der Waals surface area (Å²) in [4.78, 5) is 11.9. The Balaban J connectivity index is 2.22. The summed E-state index contributed by atoms with van der Waals surface area (Å²) in [6.07, 6.45) is 1.54. The predicted octanol–water partition coefficient (Wildman–Crippen LogP) is 2.73. The van der Waals surface area contributed by atoms with E-state index in [1.54, 1.807) is 7.11 Å². The lowest BCUT2D eigenvalue weighted by molar-refractivity contribution is 0.0900. The second kappa shape index (κ2) is 4.33. The number of carbonyl (C=O) groups excluding carboxylic acids is 1. The second-order valence-electron chi connectivity index (χ2n) is 3.81. The first-order valence-electron chi connectivity index (χ1n) is 5.04. The Hall–Kier alpha value is -0.860. The Morgan fingerprint density at radius 1 is 1.53 bits per heavy atom. The summed E-state index contributed by atoms with van der Waals surface area (Å²) in [6.45, 7) is 0.627. The van der Waals surface area contributed by atoms with E-state index >= 15 is 0 Å². The van der Waals surface area contributed by atoms with Crippen LogP contribution < -0.4 is 0 Å². The van der Waals surface area contributed by atoms with Gasteiger partial charge in [0, 0.05) is 30.2 Å². The number of benzene rings is 1. The summed E-state index contributed by atoms with van der Waals surface area (Å²) in [5.41, 5.74) is 1.80. The molecule has 0 radical (unpaired) electrons. The Morgan fingerprint density at radius 2 is 2.33 bits per heavy atom. The summed E-state index contributed by atoms with van der Waals surface area (Å²) >= 11 is 6.05. The SMILES string of the molecule is COCCC1Cc2c(Cl)cccc2C1=O. The largest absolute Gasteiger partial charge is 0.385 e. The molecule has 0 aromatic heterocycles. The molecule has 1 aromatic carbocycles. The van der Waals surface area contributed by atoms with Crippen molar-refractivity contribution in [2.45, 2.75) is 12.8 Å². The lowest BCUT2D eigenvalue weighted by Gasteiger charge is -2.05. The van der Waals surface area contributed by atoms with Gasteiger partial charge in [0.1, 0.15) is 0 Å². The van der Waals surface area contributed by atoms with Gasteiger partial charge in [-0.25, -0.2) is 0 Å². The molecule has 0 saturated heterocycles. The summed E-state index contributed by atoms with van der Waals surface area (Å²) in [7, 11) is 1.65. The molecule has 3 heteroatoms. The van der Waals surface area contributed by atoms with Crippen LogP contribution in [0.5, 0.6) is 0 Å². The Labute approximate surface area is 94.2 Å². The molecule has 1 aromatic rings. The first-order valence-corrected chi connectivity index (χ1v) is 5.42. The number of rotatable bonds is 3. The van der Waals surface area contributed by atoms with Crippen LogP contribution in [0.15, 0.2) is 18.2 Å². The van der Waals surface area contributed by atoms with Crippen molar-refractivity contribution in [3.05, 3.63) is 34.3 Å². The normalized spacial score (nSPS) is 19.3. The van der Waals surface area contributed by atoms with Crippen LogP contribution in [0.4, 0.5) is 0 Å². The number of methoxy groups -OCH3 is 1. The maximum Gasteiger partial charge on any atom is 0.166 e. The maximum atomic E-state index is 11.9. The van der Waals surface area contributed by atoms with Gasteiger partial charge < -0.3 is 4.74 Å². The predicted molar refractivity (Wildman–Crippen MR) is 59.5 cm³/mol. The van der Waals surface area contributed by atoms with Crippen LogP contribution in [0.25, 0.3) is 0 Å². The third kappa shape index (κ3) is 1.92. The highest BCUT2D eigenvalue weighted by Crippen LogP contribution is 2.33. The fraction of sp³-hybridized carbons (Fsp3) is 0.417. The molecule has 1 atom stereocenters. The molecule has 2 nitrogen and oxygen atoms in total.